The first-order valence-electron chi connectivity index (χ1n) is 11.8. The van der Waals surface area contributed by atoms with Crippen LogP contribution < -0.4 is 10.7 Å². The minimum atomic E-state index is -4.58. The maximum Gasteiger partial charge on any atom is 0.416 e. The lowest BCUT2D eigenvalue weighted by Crippen LogP contribution is -2.33. The quantitative estimate of drug-likeness (QED) is 0.433. The van der Waals surface area contributed by atoms with E-state index in [4.69, 9.17) is 5.26 Å². The van der Waals surface area contributed by atoms with Crippen LogP contribution in [-0.4, -0.2) is 42.6 Å². The number of carbonyl (C=O) groups excluding carboxylic acids is 1. The summed E-state index contributed by atoms with van der Waals surface area (Å²) in [6, 6.07) is 13.1. The topological polar surface area (TPSA) is 78.1 Å². The van der Waals surface area contributed by atoms with Crippen LogP contribution in [0.4, 0.5) is 13.2 Å². The Balaban J connectivity index is 2.15. The summed E-state index contributed by atoms with van der Waals surface area (Å²) >= 11 is 0. The van der Waals surface area contributed by atoms with Gasteiger partial charge in [0.05, 0.1) is 23.2 Å². The molecule has 1 heterocycles. The van der Waals surface area contributed by atoms with Crippen molar-refractivity contribution in [3.8, 4) is 17.2 Å². The fraction of sp³-hybridized carbons (Fsp3) is 0.321. The molecule has 3 rings (SSSR count). The molecule has 0 saturated carbocycles. The number of nitriles is 1. The highest BCUT2D eigenvalue weighted by Gasteiger charge is 2.31. The van der Waals surface area contributed by atoms with E-state index in [1.54, 1.807) is 35.8 Å². The van der Waals surface area contributed by atoms with Crippen LogP contribution in [0, 0.1) is 18.3 Å². The number of halogens is 3. The van der Waals surface area contributed by atoms with Gasteiger partial charge in [-0.3, -0.25) is 9.59 Å². The van der Waals surface area contributed by atoms with Crippen molar-refractivity contribution in [3.63, 3.8) is 0 Å². The molecule has 194 valence electrons. The Morgan fingerprint density at radius 3 is 2.43 bits per heavy atom. The SMILES string of the molecule is Cc1c(-c2cccc(C(F)(F)F)c2)c(=O)c(C(=O)NCCCN(C)C)cn1C(C)c1ccc(C#N)cc1. The molecule has 0 aliphatic rings. The number of nitrogens with zero attached hydrogens (tertiary/aromatic N) is 3. The number of hydrogen-bond donors (Lipinski definition) is 1. The number of nitrogens with one attached hydrogen (secondary N) is 1. The van der Waals surface area contributed by atoms with E-state index in [1.165, 1.54) is 18.3 Å². The van der Waals surface area contributed by atoms with Gasteiger partial charge in [0.25, 0.3) is 5.91 Å². The van der Waals surface area contributed by atoms with Crippen LogP contribution in [0.2, 0.25) is 0 Å². The summed E-state index contributed by atoms with van der Waals surface area (Å²) in [5.41, 5.74) is 0.161. The molecule has 1 unspecified atom stereocenters. The van der Waals surface area contributed by atoms with E-state index < -0.39 is 23.1 Å². The van der Waals surface area contributed by atoms with Crippen LogP contribution >= 0.6 is 0 Å². The van der Waals surface area contributed by atoms with Crippen molar-refractivity contribution >= 4 is 5.91 Å². The zero-order valence-electron chi connectivity index (χ0n) is 21.2. The van der Waals surface area contributed by atoms with Gasteiger partial charge in [0.1, 0.15) is 5.56 Å². The average Bonchev–Trinajstić information content (AvgIpc) is 2.86. The van der Waals surface area contributed by atoms with Crippen LogP contribution in [0.15, 0.2) is 59.5 Å². The summed E-state index contributed by atoms with van der Waals surface area (Å²) < 4.78 is 42.0. The Bertz CT molecular complexity index is 1370. The van der Waals surface area contributed by atoms with E-state index in [1.807, 2.05) is 25.9 Å². The highest BCUT2D eigenvalue weighted by Crippen LogP contribution is 2.33. The Morgan fingerprint density at radius 2 is 1.84 bits per heavy atom. The van der Waals surface area contributed by atoms with Crippen molar-refractivity contribution in [2.45, 2.75) is 32.5 Å². The lowest BCUT2D eigenvalue weighted by molar-refractivity contribution is -0.137. The fourth-order valence-corrected chi connectivity index (χ4v) is 4.17. The molecule has 1 amide bonds. The van der Waals surface area contributed by atoms with Crippen LogP contribution in [0.25, 0.3) is 11.1 Å². The van der Waals surface area contributed by atoms with E-state index >= 15 is 0 Å². The van der Waals surface area contributed by atoms with Crippen molar-refractivity contribution in [3.05, 3.63) is 92.9 Å². The number of rotatable bonds is 8. The molecule has 9 heteroatoms. The molecule has 1 atom stereocenters. The lowest BCUT2D eigenvalue weighted by atomic mass is 9.97. The van der Waals surface area contributed by atoms with Crippen molar-refractivity contribution < 1.29 is 18.0 Å². The molecule has 1 aromatic heterocycles. The molecular weight excluding hydrogens is 481 g/mol. The highest BCUT2D eigenvalue weighted by molar-refractivity contribution is 5.95. The third kappa shape index (κ3) is 6.46. The standard InChI is InChI=1S/C28H29F3N4O2/c1-18(21-11-9-20(16-32)10-12-21)35-17-24(27(37)33-13-6-14-34(3)4)26(36)25(19(35)2)22-7-5-8-23(15-22)28(29,30)31/h5,7-12,15,17-18H,6,13-14H2,1-4H3,(H,33,37). The summed E-state index contributed by atoms with van der Waals surface area (Å²) in [7, 11) is 3.82. The maximum atomic E-state index is 13.5. The van der Waals surface area contributed by atoms with E-state index in [0.29, 0.717) is 24.2 Å². The summed E-state index contributed by atoms with van der Waals surface area (Å²) in [6.45, 7) is 4.58. The third-order valence-corrected chi connectivity index (χ3v) is 6.22. The van der Waals surface area contributed by atoms with Crippen LogP contribution in [0.3, 0.4) is 0 Å². The van der Waals surface area contributed by atoms with Gasteiger partial charge in [-0.1, -0.05) is 24.3 Å². The van der Waals surface area contributed by atoms with Crippen molar-refractivity contribution in [2.75, 3.05) is 27.2 Å². The number of aromatic nitrogens is 1. The predicted molar refractivity (Wildman–Crippen MR) is 136 cm³/mol. The van der Waals surface area contributed by atoms with Crippen molar-refractivity contribution in [2.24, 2.45) is 0 Å². The number of alkyl halides is 3. The molecule has 0 spiro atoms. The highest BCUT2D eigenvalue weighted by atomic mass is 19.4. The van der Waals surface area contributed by atoms with Crippen LogP contribution in [0.1, 0.15) is 52.1 Å². The Morgan fingerprint density at radius 1 is 1.16 bits per heavy atom. The molecule has 0 fully saturated rings. The molecule has 0 aliphatic heterocycles. The smallest absolute Gasteiger partial charge is 0.352 e. The molecule has 0 bridgehead atoms. The molecule has 0 radical (unpaired) electrons. The van der Waals surface area contributed by atoms with Gasteiger partial charge in [-0.15, -0.1) is 0 Å². The molecule has 1 N–H and O–H groups in total. The van der Waals surface area contributed by atoms with Gasteiger partial charge in [0, 0.05) is 24.0 Å². The minimum absolute atomic E-state index is 0.0348. The van der Waals surface area contributed by atoms with Crippen molar-refractivity contribution in [1.29, 1.82) is 5.26 Å². The Labute approximate surface area is 214 Å². The Hall–Kier alpha value is -3.90. The second-order valence-electron chi connectivity index (χ2n) is 9.14. The lowest BCUT2D eigenvalue weighted by Gasteiger charge is -2.23. The van der Waals surface area contributed by atoms with Gasteiger partial charge in [0.15, 0.2) is 0 Å². The van der Waals surface area contributed by atoms with Gasteiger partial charge in [-0.05, 0) is 76.3 Å². The second kappa shape index (κ2) is 11.4. The zero-order chi connectivity index (χ0) is 27.3. The molecule has 2 aromatic carbocycles. The summed E-state index contributed by atoms with van der Waals surface area (Å²) in [5, 5.41) is 11.9. The molecule has 6 nitrogen and oxygen atoms in total. The zero-order valence-corrected chi connectivity index (χ0v) is 21.2. The Kier molecular flexibility index (Phi) is 8.56. The number of pyridine rings is 1. The number of benzene rings is 2. The van der Waals surface area contributed by atoms with E-state index in [-0.39, 0.29) is 22.7 Å². The van der Waals surface area contributed by atoms with E-state index in [0.717, 1.165) is 24.2 Å². The number of amides is 1. The predicted octanol–water partition coefficient (Wildman–Crippen LogP) is 5.01. The van der Waals surface area contributed by atoms with Gasteiger partial charge in [0.2, 0.25) is 5.43 Å². The molecule has 3 aromatic rings. The fourth-order valence-electron chi connectivity index (χ4n) is 4.17. The van der Waals surface area contributed by atoms with Crippen molar-refractivity contribution in [1.82, 2.24) is 14.8 Å². The van der Waals surface area contributed by atoms with E-state index in [9.17, 15) is 22.8 Å². The van der Waals surface area contributed by atoms with Gasteiger partial charge in [-0.2, -0.15) is 18.4 Å². The third-order valence-electron chi connectivity index (χ3n) is 6.22. The van der Waals surface area contributed by atoms with Crippen LogP contribution in [0.5, 0.6) is 0 Å². The maximum absolute atomic E-state index is 13.5. The summed E-state index contributed by atoms with van der Waals surface area (Å²) in [5.74, 6) is -0.585. The van der Waals surface area contributed by atoms with Gasteiger partial charge < -0.3 is 14.8 Å². The van der Waals surface area contributed by atoms with E-state index in [2.05, 4.69) is 11.4 Å². The largest absolute Gasteiger partial charge is 0.416 e. The summed E-state index contributed by atoms with van der Waals surface area (Å²) in [4.78, 5) is 28.6. The molecule has 0 saturated heterocycles. The monoisotopic (exact) mass is 510 g/mol. The number of carbonyl (C=O) groups is 1. The number of hydrogen-bond acceptors (Lipinski definition) is 4. The first-order chi connectivity index (χ1) is 17.4. The van der Waals surface area contributed by atoms with Gasteiger partial charge in [-0.25, -0.2) is 0 Å². The molecular formula is C28H29F3N4O2. The first-order valence-corrected chi connectivity index (χ1v) is 11.8. The summed E-state index contributed by atoms with van der Waals surface area (Å²) in [6.07, 6.45) is -2.46. The normalized spacial score (nSPS) is 12.3. The first kappa shape index (κ1) is 27.7. The molecule has 0 aliphatic carbocycles. The average molecular weight is 511 g/mol. The second-order valence-corrected chi connectivity index (χ2v) is 9.14. The van der Waals surface area contributed by atoms with Gasteiger partial charge >= 0.3 is 6.18 Å². The van der Waals surface area contributed by atoms with Crippen LogP contribution in [-0.2, 0) is 6.18 Å². The minimum Gasteiger partial charge on any atom is -0.352 e. The molecule has 37 heavy (non-hydrogen) atoms.